The number of benzene rings is 1. The summed E-state index contributed by atoms with van der Waals surface area (Å²) in [6.45, 7) is 0. The number of hydrogen-bond acceptors (Lipinski definition) is 3. The third kappa shape index (κ3) is 2.35. The number of anilines is 1. The van der Waals surface area contributed by atoms with E-state index in [1.165, 1.54) is 18.2 Å². The molecule has 0 aliphatic rings. The highest BCUT2D eigenvalue weighted by atomic mass is 35.5. The number of para-hydroxylation sites is 1. The van der Waals surface area contributed by atoms with E-state index in [1.807, 2.05) is 0 Å². The molecule has 0 saturated carbocycles. The van der Waals surface area contributed by atoms with E-state index in [0.29, 0.717) is 0 Å². The maximum Gasteiger partial charge on any atom is 0.334 e. The molecule has 1 rings (SSSR count). The fourth-order valence-electron chi connectivity index (χ4n) is 0.703. The van der Waals surface area contributed by atoms with E-state index in [0.717, 1.165) is 6.07 Å². The zero-order chi connectivity index (χ0) is 8.48. The summed E-state index contributed by atoms with van der Waals surface area (Å²) in [5.41, 5.74) is 5.11. The van der Waals surface area contributed by atoms with Crippen molar-refractivity contribution in [1.29, 1.82) is 0 Å². The summed E-state index contributed by atoms with van der Waals surface area (Å²) in [7, 11) is -4.66. The topological polar surface area (TPSA) is 60.2 Å². The smallest absolute Gasteiger partial charge is 0.334 e. The van der Waals surface area contributed by atoms with Crippen LogP contribution in [0.3, 0.4) is 0 Å². The van der Waals surface area contributed by atoms with E-state index >= 15 is 0 Å². The van der Waals surface area contributed by atoms with Crippen molar-refractivity contribution >= 4 is 28.3 Å². The van der Waals surface area contributed by atoms with Gasteiger partial charge in [0, 0.05) is 0 Å². The van der Waals surface area contributed by atoms with Gasteiger partial charge in [-0.15, -0.1) is 16.3 Å². The van der Waals surface area contributed by atoms with E-state index in [9.17, 15) is 12.3 Å². The molecule has 6 heteroatoms. The van der Waals surface area contributed by atoms with Gasteiger partial charge in [-0.05, 0) is 12.1 Å². The van der Waals surface area contributed by atoms with Gasteiger partial charge in [-0.3, -0.25) is 0 Å². The molecule has 0 aliphatic heterocycles. The van der Waals surface area contributed by atoms with E-state index in [1.54, 1.807) is 0 Å². The molecule has 3 nitrogen and oxygen atoms in total. The van der Waals surface area contributed by atoms with Crippen molar-refractivity contribution in [3.05, 3.63) is 24.3 Å². The predicted molar refractivity (Wildman–Crippen MR) is 46.4 cm³/mol. The Balaban J connectivity index is 0.00000121. The second kappa shape index (κ2) is 3.73. The van der Waals surface area contributed by atoms with Gasteiger partial charge >= 0.3 is 10.2 Å². The van der Waals surface area contributed by atoms with Crippen LogP contribution in [0.5, 0.6) is 0 Å². The molecule has 0 bridgehead atoms. The molecule has 1 aromatic rings. The number of hydrogen-bond donors (Lipinski definition) is 1. The zero-order valence-electron chi connectivity index (χ0n) is 5.90. The molecule has 0 spiro atoms. The second-order valence-corrected chi connectivity index (χ2v) is 3.29. The summed E-state index contributed by atoms with van der Waals surface area (Å²) in [4.78, 5) is -0.472. The minimum absolute atomic E-state index is 0. The Labute approximate surface area is 76.0 Å². The molecular weight excluding hydrogens is 205 g/mol. The van der Waals surface area contributed by atoms with Gasteiger partial charge in [-0.1, -0.05) is 12.1 Å². The molecule has 0 unspecified atom stereocenters. The number of nitrogens with two attached hydrogens (primary N) is 1. The molecule has 0 aliphatic carbocycles. The van der Waals surface area contributed by atoms with Crippen molar-refractivity contribution in [2.75, 3.05) is 5.73 Å². The lowest BCUT2D eigenvalue weighted by Gasteiger charge is -1.97. The van der Waals surface area contributed by atoms with Crippen LogP contribution in [-0.2, 0) is 10.2 Å². The molecule has 0 fully saturated rings. The molecule has 0 aromatic heterocycles. The molecule has 0 atom stereocenters. The first-order valence-corrected chi connectivity index (χ1v) is 4.19. The minimum atomic E-state index is -4.66. The third-order valence-corrected chi connectivity index (χ3v) is 2.08. The van der Waals surface area contributed by atoms with Crippen LogP contribution in [0.1, 0.15) is 0 Å². The highest BCUT2D eigenvalue weighted by Crippen LogP contribution is 2.18. The lowest BCUT2D eigenvalue weighted by atomic mass is 10.3. The van der Waals surface area contributed by atoms with Crippen LogP contribution in [0.25, 0.3) is 0 Å². The van der Waals surface area contributed by atoms with Gasteiger partial charge in [0.1, 0.15) is 4.90 Å². The molecule has 0 heterocycles. The molecule has 68 valence electrons. The van der Waals surface area contributed by atoms with Crippen LogP contribution in [0, 0.1) is 0 Å². The first kappa shape index (κ1) is 11.2. The highest BCUT2D eigenvalue weighted by molar-refractivity contribution is 7.86. The van der Waals surface area contributed by atoms with E-state index in [-0.39, 0.29) is 18.1 Å². The summed E-state index contributed by atoms with van der Waals surface area (Å²) in [5, 5.41) is 0. The van der Waals surface area contributed by atoms with Crippen LogP contribution in [0.4, 0.5) is 9.57 Å². The monoisotopic (exact) mass is 211 g/mol. The zero-order valence-corrected chi connectivity index (χ0v) is 7.53. The molecule has 1 aromatic carbocycles. The Hall–Kier alpha value is -0.810. The lowest BCUT2D eigenvalue weighted by molar-refractivity contribution is 0.552. The van der Waals surface area contributed by atoms with Crippen LogP contribution in [-0.4, -0.2) is 8.42 Å². The first-order chi connectivity index (χ1) is 5.02. The van der Waals surface area contributed by atoms with E-state index in [4.69, 9.17) is 5.73 Å². The SMILES string of the molecule is Cl.Nc1ccccc1S(=O)(=O)F. The van der Waals surface area contributed by atoms with Crippen LogP contribution < -0.4 is 5.73 Å². The van der Waals surface area contributed by atoms with Crippen molar-refractivity contribution in [3.8, 4) is 0 Å². The number of rotatable bonds is 1. The van der Waals surface area contributed by atoms with Gasteiger partial charge in [0.05, 0.1) is 5.69 Å². The van der Waals surface area contributed by atoms with Crippen LogP contribution in [0.15, 0.2) is 29.2 Å². The normalized spacial score (nSPS) is 10.4. The Morgan fingerprint density at radius 2 is 1.75 bits per heavy atom. The first-order valence-electron chi connectivity index (χ1n) is 2.81. The molecule has 12 heavy (non-hydrogen) atoms. The Morgan fingerprint density at radius 3 is 2.08 bits per heavy atom. The molecule has 0 radical (unpaired) electrons. The lowest BCUT2D eigenvalue weighted by Crippen LogP contribution is -1.97. The Kier molecular flexibility index (Phi) is 3.48. The molecule has 2 N–H and O–H groups in total. The van der Waals surface area contributed by atoms with Crippen molar-refractivity contribution < 1.29 is 12.3 Å². The number of halogens is 2. The van der Waals surface area contributed by atoms with Gasteiger partial charge in [-0.25, -0.2) is 0 Å². The third-order valence-electron chi connectivity index (χ3n) is 1.18. The number of nitrogen functional groups attached to an aromatic ring is 1. The molecular formula is C6H7ClFNO2S. The van der Waals surface area contributed by atoms with Crippen molar-refractivity contribution in [1.82, 2.24) is 0 Å². The summed E-state index contributed by atoms with van der Waals surface area (Å²) < 4.78 is 32.9. The quantitative estimate of drug-likeness (QED) is 0.564. The average Bonchev–Trinajstić information content (AvgIpc) is 1.86. The average molecular weight is 212 g/mol. The van der Waals surface area contributed by atoms with Crippen LogP contribution in [0.2, 0.25) is 0 Å². The van der Waals surface area contributed by atoms with Gasteiger partial charge in [0.2, 0.25) is 0 Å². The second-order valence-electron chi connectivity index (χ2n) is 1.98. The molecule has 0 saturated heterocycles. The summed E-state index contributed by atoms with van der Waals surface area (Å²) in [6, 6.07) is 5.38. The Morgan fingerprint density at radius 1 is 1.25 bits per heavy atom. The minimum Gasteiger partial charge on any atom is -0.398 e. The standard InChI is InChI=1S/C6H6FNO2S.ClH/c7-11(9,10)6-4-2-1-3-5(6)8;/h1-4H,8H2;1H. The maximum atomic E-state index is 12.3. The summed E-state index contributed by atoms with van der Waals surface area (Å²) in [6.07, 6.45) is 0. The van der Waals surface area contributed by atoms with Crippen molar-refractivity contribution in [2.24, 2.45) is 0 Å². The molecule has 0 amide bonds. The Bertz CT molecular complexity index is 366. The summed E-state index contributed by atoms with van der Waals surface area (Å²) in [5.74, 6) is 0. The largest absolute Gasteiger partial charge is 0.398 e. The van der Waals surface area contributed by atoms with E-state index < -0.39 is 15.1 Å². The van der Waals surface area contributed by atoms with Gasteiger partial charge < -0.3 is 5.73 Å². The van der Waals surface area contributed by atoms with Crippen LogP contribution >= 0.6 is 12.4 Å². The van der Waals surface area contributed by atoms with Gasteiger partial charge in [0.15, 0.2) is 0 Å². The van der Waals surface area contributed by atoms with Crippen molar-refractivity contribution in [2.45, 2.75) is 4.90 Å². The van der Waals surface area contributed by atoms with Crippen molar-refractivity contribution in [3.63, 3.8) is 0 Å². The van der Waals surface area contributed by atoms with Gasteiger partial charge in [0.25, 0.3) is 0 Å². The fourth-order valence-corrected chi connectivity index (χ4v) is 1.29. The van der Waals surface area contributed by atoms with Gasteiger partial charge in [-0.2, -0.15) is 8.42 Å². The maximum absolute atomic E-state index is 12.3. The summed E-state index contributed by atoms with van der Waals surface area (Å²) >= 11 is 0. The van der Waals surface area contributed by atoms with E-state index in [2.05, 4.69) is 0 Å². The highest BCUT2D eigenvalue weighted by Gasteiger charge is 2.13. The predicted octanol–water partition coefficient (Wildman–Crippen LogP) is 1.35. The fraction of sp³-hybridized carbons (Fsp3) is 0.